The molecule has 0 aromatic carbocycles. The lowest BCUT2D eigenvalue weighted by Gasteiger charge is -2.42. The van der Waals surface area contributed by atoms with Gasteiger partial charge >= 0.3 is 0 Å². The van der Waals surface area contributed by atoms with Gasteiger partial charge in [0.15, 0.2) is 0 Å². The van der Waals surface area contributed by atoms with Crippen LogP contribution in [0, 0.1) is 11.8 Å². The minimum atomic E-state index is -0.00372. The van der Waals surface area contributed by atoms with E-state index in [1.165, 1.54) is 18.4 Å². The summed E-state index contributed by atoms with van der Waals surface area (Å²) < 4.78 is 0. The van der Waals surface area contributed by atoms with Gasteiger partial charge in [-0.25, -0.2) is 0 Å². The summed E-state index contributed by atoms with van der Waals surface area (Å²) in [4.78, 5) is 25.3. The number of aromatic amines is 1. The smallest absolute Gasteiger partial charge is 0.248 e. The summed E-state index contributed by atoms with van der Waals surface area (Å²) in [6, 6.07) is 3.65. The van der Waals surface area contributed by atoms with Gasteiger partial charge in [-0.3, -0.25) is 4.79 Å². The zero-order valence-corrected chi connectivity index (χ0v) is 11.4. The molecule has 0 bridgehead atoms. The second-order valence-electron chi connectivity index (χ2n) is 6.36. The van der Waals surface area contributed by atoms with Crippen LogP contribution in [0.2, 0.25) is 0 Å². The number of carbonyl (C=O) groups excluding carboxylic acids is 1. The molecule has 3 atom stereocenters. The van der Waals surface area contributed by atoms with Gasteiger partial charge in [0, 0.05) is 23.6 Å². The van der Waals surface area contributed by atoms with Crippen molar-refractivity contribution in [3.8, 4) is 0 Å². The number of hydrogen-bond acceptors (Lipinski definition) is 2. The van der Waals surface area contributed by atoms with Crippen LogP contribution in [0.1, 0.15) is 50.3 Å². The number of aldehydes is 1. The summed E-state index contributed by atoms with van der Waals surface area (Å²) in [5.41, 5.74) is 2.58. The Bertz CT molecular complexity index is 548. The van der Waals surface area contributed by atoms with Gasteiger partial charge in [-0.15, -0.1) is 0 Å². The summed E-state index contributed by atoms with van der Waals surface area (Å²) in [6.07, 6.45) is 7.19. The number of hydrogen-bond donors (Lipinski definition) is 1. The first-order valence-electron chi connectivity index (χ1n) is 7.32. The summed E-state index contributed by atoms with van der Waals surface area (Å²) in [5.74, 6) is 1.36. The molecule has 1 aromatic heterocycles. The fraction of sp³-hybridized carbons (Fsp3) is 0.625. The van der Waals surface area contributed by atoms with Gasteiger partial charge in [-0.05, 0) is 49.5 Å². The molecule has 3 heteroatoms. The van der Waals surface area contributed by atoms with Crippen molar-refractivity contribution in [1.29, 1.82) is 0 Å². The molecule has 2 aliphatic carbocycles. The number of aromatic nitrogens is 1. The third kappa shape index (κ3) is 1.96. The SMILES string of the molecule is C[C@H]1CC[C@]2(CCC=O)c3ccc(=O)[nH]c3C[C@@H]2C1. The molecule has 1 N–H and O–H groups in total. The van der Waals surface area contributed by atoms with Crippen molar-refractivity contribution < 1.29 is 4.79 Å². The molecule has 1 aromatic rings. The zero-order chi connectivity index (χ0) is 13.5. The first-order valence-corrected chi connectivity index (χ1v) is 7.32. The molecule has 1 saturated carbocycles. The van der Waals surface area contributed by atoms with Crippen LogP contribution in [-0.4, -0.2) is 11.3 Å². The second kappa shape index (κ2) is 4.62. The van der Waals surface area contributed by atoms with Crippen LogP contribution in [-0.2, 0) is 16.6 Å². The molecule has 0 saturated heterocycles. The van der Waals surface area contributed by atoms with Crippen LogP contribution in [0.15, 0.2) is 16.9 Å². The van der Waals surface area contributed by atoms with E-state index in [2.05, 4.69) is 11.9 Å². The van der Waals surface area contributed by atoms with Crippen LogP contribution >= 0.6 is 0 Å². The Labute approximate surface area is 113 Å². The maximum Gasteiger partial charge on any atom is 0.248 e. The quantitative estimate of drug-likeness (QED) is 0.848. The molecule has 0 radical (unpaired) electrons. The Balaban J connectivity index is 2.04. The molecule has 2 aliphatic rings. The minimum absolute atomic E-state index is 0.00372. The number of rotatable bonds is 3. The van der Waals surface area contributed by atoms with Gasteiger partial charge in [0.05, 0.1) is 0 Å². The standard InChI is InChI=1S/C16H21NO2/c1-11-5-7-16(6-2-8-18)12(9-11)10-14-13(16)3-4-15(19)17-14/h3-4,8,11-12H,2,5-7,9-10H2,1H3,(H,17,19)/t11-,12-,16-/m0/s1. The molecule has 0 amide bonds. The highest BCUT2D eigenvalue weighted by molar-refractivity contribution is 5.50. The third-order valence-corrected chi connectivity index (χ3v) is 5.25. The highest BCUT2D eigenvalue weighted by Gasteiger charge is 2.48. The molecule has 0 spiro atoms. The number of fused-ring (bicyclic) bond motifs is 3. The largest absolute Gasteiger partial charge is 0.326 e. The van der Waals surface area contributed by atoms with E-state index < -0.39 is 0 Å². The van der Waals surface area contributed by atoms with Crippen molar-refractivity contribution in [3.05, 3.63) is 33.7 Å². The van der Waals surface area contributed by atoms with Crippen molar-refractivity contribution in [1.82, 2.24) is 4.98 Å². The lowest BCUT2D eigenvalue weighted by molar-refractivity contribution is -0.108. The molecular formula is C16H21NO2. The van der Waals surface area contributed by atoms with Gasteiger partial charge in [0.25, 0.3) is 0 Å². The number of H-pyrrole nitrogens is 1. The predicted octanol–water partition coefficient (Wildman–Crippen LogP) is 2.58. The van der Waals surface area contributed by atoms with Crippen LogP contribution < -0.4 is 5.56 Å². The van der Waals surface area contributed by atoms with E-state index in [1.54, 1.807) is 6.07 Å². The van der Waals surface area contributed by atoms with Gasteiger partial charge in [-0.1, -0.05) is 13.0 Å². The van der Waals surface area contributed by atoms with E-state index in [-0.39, 0.29) is 11.0 Å². The number of nitrogens with one attached hydrogen (secondary N) is 1. The average molecular weight is 259 g/mol. The summed E-state index contributed by atoms with van der Waals surface area (Å²) in [6.45, 7) is 2.31. The Morgan fingerprint density at radius 2 is 2.32 bits per heavy atom. The maximum atomic E-state index is 11.5. The lowest BCUT2D eigenvalue weighted by Crippen LogP contribution is -2.37. The van der Waals surface area contributed by atoms with Gasteiger partial charge in [0.1, 0.15) is 6.29 Å². The molecule has 0 aliphatic heterocycles. The van der Waals surface area contributed by atoms with Crippen LogP contribution in [0.4, 0.5) is 0 Å². The summed E-state index contributed by atoms with van der Waals surface area (Å²) >= 11 is 0. The minimum Gasteiger partial charge on any atom is -0.326 e. The molecule has 102 valence electrons. The number of pyridine rings is 1. The first-order chi connectivity index (χ1) is 9.15. The van der Waals surface area contributed by atoms with Crippen molar-refractivity contribution in [2.45, 2.75) is 50.9 Å². The normalized spacial score (nSPS) is 32.7. The fourth-order valence-electron chi connectivity index (χ4n) is 4.34. The van der Waals surface area contributed by atoms with Crippen LogP contribution in [0.25, 0.3) is 0 Å². The first kappa shape index (κ1) is 12.6. The van der Waals surface area contributed by atoms with Crippen molar-refractivity contribution in [3.63, 3.8) is 0 Å². The molecule has 1 fully saturated rings. The summed E-state index contributed by atoms with van der Waals surface area (Å²) in [7, 11) is 0. The van der Waals surface area contributed by atoms with Gasteiger partial charge in [0.2, 0.25) is 5.56 Å². The van der Waals surface area contributed by atoms with E-state index in [1.807, 2.05) is 6.07 Å². The van der Waals surface area contributed by atoms with Crippen LogP contribution in [0.3, 0.4) is 0 Å². The fourth-order valence-corrected chi connectivity index (χ4v) is 4.34. The van der Waals surface area contributed by atoms with E-state index in [0.29, 0.717) is 12.3 Å². The van der Waals surface area contributed by atoms with E-state index in [4.69, 9.17) is 0 Å². The monoisotopic (exact) mass is 259 g/mol. The molecule has 3 nitrogen and oxygen atoms in total. The Morgan fingerprint density at radius 1 is 1.47 bits per heavy atom. The highest BCUT2D eigenvalue weighted by atomic mass is 16.1. The van der Waals surface area contributed by atoms with Crippen molar-refractivity contribution >= 4 is 6.29 Å². The molecule has 0 unspecified atom stereocenters. The summed E-state index contributed by atoms with van der Waals surface area (Å²) in [5, 5.41) is 0. The predicted molar refractivity (Wildman–Crippen MR) is 74.2 cm³/mol. The highest BCUT2D eigenvalue weighted by Crippen LogP contribution is 2.54. The lowest BCUT2D eigenvalue weighted by atomic mass is 9.61. The molecule has 19 heavy (non-hydrogen) atoms. The molecular weight excluding hydrogens is 238 g/mol. The van der Waals surface area contributed by atoms with Gasteiger partial charge in [-0.2, -0.15) is 0 Å². The average Bonchev–Trinajstić information content (AvgIpc) is 2.69. The third-order valence-electron chi connectivity index (χ3n) is 5.25. The van der Waals surface area contributed by atoms with E-state index in [0.717, 1.165) is 37.2 Å². The Morgan fingerprint density at radius 3 is 3.11 bits per heavy atom. The zero-order valence-electron chi connectivity index (χ0n) is 11.4. The second-order valence-corrected chi connectivity index (χ2v) is 6.36. The van der Waals surface area contributed by atoms with Crippen LogP contribution in [0.5, 0.6) is 0 Å². The maximum absolute atomic E-state index is 11.5. The van der Waals surface area contributed by atoms with Gasteiger partial charge < -0.3 is 9.78 Å². The van der Waals surface area contributed by atoms with Crippen molar-refractivity contribution in [2.75, 3.05) is 0 Å². The molecule has 3 rings (SSSR count). The van der Waals surface area contributed by atoms with E-state index >= 15 is 0 Å². The Hall–Kier alpha value is -1.38. The number of carbonyl (C=O) groups is 1. The van der Waals surface area contributed by atoms with E-state index in [9.17, 15) is 9.59 Å². The Kier molecular flexibility index (Phi) is 3.08. The molecule has 1 heterocycles. The topological polar surface area (TPSA) is 49.9 Å². The van der Waals surface area contributed by atoms with Crippen molar-refractivity contribution in [2.24, 2.45) is 11.8 Å².